The minimum absolute atomic E-state index is 0.0782. The molecule has 16 heteroatoms. The lowest BCUT2D eigenvalue weighted by Gasteiger charge is -2.11. The van der Waals surface area contributed by atoms with Crippen LogP contribution in [0.5, 0.6) is 11.9 Å². The van der Waals surface area contributed by atoms with Crippen molar-refractivity contribution >= 4 is 43.4 Å². The van der Waals surface area contributed by atoms with Gasteiger partial charge in [0, 0.05) is 11.8 Å². The number of nitrogens with zero attached hydrogens (tertiary/aromatic N) is 4. The SMILES string of the molecule is COc1cc(NS(=O)(=O)c2ccc(NC(=O)Cn3nc(C(F)(F)F)c(Br)c3C)cc2)nc(OC)n1. The van der Waals surface area contributed by atoms with Gasteiger partial charge in [-0.05, 0) is 47.1 Å². The summed E-state index contributed by atoms with van der Waals surface area (Å²) >= 11 is 2.84. The Hall–Kier alpha value is -3.40. The van der Waals surface area contributed by atoms with Crippen LogP contribution in [-0.2, 0) is 27.5 Å². The van der Waals surface area contributed by atoms with Crippen LogP contribution in [0.15, 0.2) is 39.7 Å². The predicted molar refractivity (Wildman–Crippen MR) is 121 cm³/mol. The number of carbonyl (C=O) groups excluding carboxylic acids is 1. The summed E-state index contributed by atoms with van der Waals surface area (Å²) in [7, 11) is -1.42. The van der Waals surface area contributed by atoms with Crippen molar-refractivity contribution in [1.29, 1.82) is 0 Å². The number of ether oxygens (including phenoxy) is 2. The Balaban J connectivity index is 1.71. The standard InChI is InChI=1S/C19H18BrF3N6O5S/c1-10-16(20)17(19(21,22)23)27-29(10)9-14(30)24-11-4-6-12(7-5-11)35(31,32)28-13-8-15(33-2)26-18(25-13)34-3/h4-8H,9H2,1-3H3,(H,24,30)(H,25,26,28). The van der Waals surface area contributed by atoms with E-state index in [4.69, 9.17) is 9.47 Å². The lowest BCUT2D eigenvalue weighted by atomic mass is 10.3. The molecule has 1 amide bonds. The van der Waals surface area contributed by atoms with Gasteiger partial charge in [0.05, 0.1) is 29.3 Å². The highest BCUT2D eigenvalue weighted by Gasteiger charge is 2.38. The van der Waals surface area contributed by atoms with Crippen molar-refractivity contribution in [1.82, 2.24) is 19.7 Å². The van der Waals surface area contributed by atoms with Gasteiger partial charge in [-0.25, -0.2) is 8.42 Å². The lowest BCUT2D eigenvalue weighted by Crippen LogP contribution is -2.21. The molecule has 0 aliphatic carbocycles. The monoisotopic (exact) mass is 578 g/mol. The second-order valence-electron chi connectivity index (χ2n) is 6.86. The molecule has 0 bridgehead atoms. The van der Waals surface area contributed by atoms with Gasteiger partial charge in [-0.2, -0.15) is 28.2 Å². The summed E-state index contributed by atoms with van der Waals surface area (Å²) in [5.74, 6) is -0.676. The van der Waals surface area contributed by atoms with Crippen LogP contribution in [0.2, 0.25) is 0 Å². The molecule has 2 N–H and O–H groups in total. The van der Waals surface area contributed by atoms with Gasteiger partial charge < -0.3 is 14.8 Å². The largest absolute Gasteiger partial charge is 0.481 e. The van der Waals surface area contributed by atoms with E-state index in [9.17, 15) is 26.4 Å². The number of anilines is 2. The molecular formula is C19H18BrF3N6O5S. The van der Waals surface area contributed by atoms with Crippen LogP contribution in [0.25, 0.3) is 0 Å². The molecule has 0 unspecified atom stereocenters. The minimum Gasteiger partial charge on any atom is -0.481 e. The second-order valence-corrected chi connectivity index (χ2v) is 9.34. The molecule has 0 spiro atoms. The van der Waals surface area contributed by atoms with E-state index in [-0.39, 0.29) is 38.5 Å². The summed E-state index contributed by atoms with van der Waals surface area (Å²) < 4.78 is 77.1. The summed E-state index contributed by atoms with van der Waals surface area (Å²) in [5.41, 5.74) is -0.791. The Labute approximate surface area is 205 Å². The third kappa shape index (κ3) is 6.19. The highest BCUT2D eigenvalue weighted by Crippen LogP contribution is 2.35. The quantitative estimate of drug-likeness (QED) is 0.415. The lowest BCUT2D eigenvalue weighted by molar-refractivity contribution is -0.142. The van der Waals surface area contributed by atoms with Crippen LogP contribution < -0.4 is 19.5 Å². The zero-order valence-electron chi connectivity index (χ0n) is 18.3. The Bertz CT molecular complexity index is 1320. The number of nitrogens with one attached hydrogen (secondary N) is 2. The molecule has 2 aromatic heterocycles. The van der Waals surface area contributed by atoms with Crippen molar-refractivity contribution in [3.8, 4) is 11.9 Å². The van der Waals surface area contributed by atoms with Crippen LogP contribution >= 0.6 is 15.9 Å². The molecule has 3 rings (SSSR count). The van der Waals surface area contributed by atoms with E-state index < -0.39 is 34.3 Å². The maximum Gasteiger partial charge on any atom is 0.436 e. The fourth-order valence-electron chi connectivity index (χ4n) is 2.76. The fraction of sp³-hybridized carbons (Fsp3) is 0.263. The van der Waals surface area contributed by atoms with Gasteiger partial charge in [0.1, 0.15) is 6.54 Å². The number of benzene rings is 1. The van der Waals surface area contributed by atoms with Crippen molar-refractivity contribution in [3.05, 3.63) is 46.2 Å². The Morgan fingerprint density at radius 3 is 2.34 bits per heavy atom. The summed E-state index contributed by atoms with van der Waals surface area (Å²) in [4.78, 5) is 19.9. The van der Waals surface area contributed by atoms with Crippen molar-refractivity contribution < 1.29 is 35.9 Å². The molecule has 0 saturated heterocycles. The molecule has 0 atom stereocenters. The second kappa shape index (κ2) is 10.1. The zero-order chi connectivity index (χ0) is 26.0. The maximum atomic E-state index is 13.0. The molecule has 2 heterocycles. The van der Waals surface area contributed by atoms with Crippen molar-refractivity contribution in [2.45, 2.75) is 24.5 Å². The van der Waals surface area contributed by atoms with Gasteiger partial charge >= 0.3 is 12.2 Å². The number of hydrogen-bond acceptors (Lipinski definition) is 8. The van der Waals surface area contributed by atoms with Gasteiger partial charge in [0.2, 0.25) is 11.8 Å². The molecule has 188 valence electrons. The number of halogens is 4. The average molecular weight is 579 g/mol. The fourth-order valence-corrected chi connectivity index (χ4v) is 4.26. The first-order valence-electron chi connectivity index (χ1n) is 9.54. The van der Waals surface area contributed by atoms with Gasteiger partial charge in [0.15, 0.2) is 11.5 Å². The van der Waals surface area contributed by atoms with E-state index >= 15 is 0 Å². The smallest absolute Gasteiger partial charge is 0.436 e. The van der Waals surface area contributed by atoms with E-state index in [1.54, 1.807) is 0 Å². The summed E-state index contributed by atoms with van der Waals surface area (Å²) in [6.45, 7) is 0.897. The maximum absolute atomic E-state index is 13.0. The summed E-state index contributed by atoms with van der Waals surface area (Å²) in [5, 5.41) is 5.92. The van der Waals surface area contributed by atoms with E-state index in [2.05, 4.69) is 41.0 Å². The Morgan fingerprint density at radius 1 is 1.14 bits per heavy atom. The van der Waals surface area contributed by atoms with Gasteiger partial charge in [-0.3, -0.25) is 14.2 Å². The molecule has 0 aliphatic heterocycles. The summed E-state index contributed by atoms with van der Waals surface area (Å²) in [6.07, 6.45) is -4.68. The molecule has 11 nitrogen and oxygen atoms in total. The third-order valence-electron chi connectivity index (χ3n) is 4.46. The number of rotatable bonds is 8. The highest BCUT2D eigenvalue weighted by molar-refractivity contribution is 9.10. The van der Waals surface area contributed by atoms with Crippen LogP contribution in [-0.4, -0.2) is 48.3 Å². The topological polar surface area (TPSA) is 137 Å². The van der Waals surface area contributed by atoms with Crippen molar-refractivity contribution in [2.24, 2.45) is 0 Å². The van der Waals surface area contributed by atoms with E-state index in [1.807, 2.05) is 0 Å². The minimum atomic E-state index is -4.68. The predicted octanol–water partition coefficient (Wildman–Crippen LogP) is 3.22. The highest BCUT2D eigenvalue weighted by atomic mass is 79.9. The van der Waals surface area contributed by atoms with Gasteiger partial charge in [-0.15, -0.1) is 0 Å². The van der Waals surface area contributed by atoms with E-state index in [0.717, 1.165) is 4.68 Å². The third-order valence-corrected chi connectivity index (χ3v) is 6.78. The normalized spacial score (nSPS) is 11.7. The van der Waals surface area contributed by atoms with Crippen LogP contribution in [0, 0.1) is 6.92 Å². The van der Waals surface area contributed by atoms with E-state index in [0.29, 0.717) is 0 Å². The number of alkyl halides is 3. The number of carbonyl (C=O) groups is 1. The molecular weight excluding hydrogens is 561 g/mol. The molecule has 3 aromatic rings. The van der Waals surface area contributed by atoms with E-state index in [1.165, 1.54) is 51.5 Å². The van der Waals surface area contributed by atoms with Crippen molar-refractivity contribution in [3.63, 3.8) is 0 Å². The molecule has 1 aromatic carbocycles. The van der Waals surface area contributed by atoms with Gasteiger partial charge in [-0.1, -0.05) is 0 Å². The molecule has 0 saturated carbocycles. The number of amides is 1. The van der Waals surface area contributed by atoms with Crippen LogP contribution in [0.4, 0.5) is 24.7 Å². The van der Waals surface area contributed by atoms with Crippen LogP contribution in [0.1, 0.15) is 11.4 Å². The number of methoxy groups -OCH3 is 2. The number of hydrogen-bond donors (Lipinski definition) is 2. The molecule has 35 heavy (non-hydrogen) atoms. The van der Waals surface area contributed by atoms with Crippen LogP contribution in [0.3, 0.4) is 0 Å². The summed E-state index contributed by atoms with van der Waals surface area (Å²) in [6, 6.07) is 6.24. The first kappa shape index (κ1) is 26.2. The Morgan fingerprint density at radius 2 is 1.80 bits per heavy atom. The first-order valence-corrected chi connectivity index (χ1v) is 11.8. The average Bonchev–Trinajstić information content (AvgIpc) is 3.07. The number of aromatic nitrogens is 4. The molecule has 0 fully saturated rings. The number of sulfonamides is 1. The Kier molecular flexibility index (Phi) is 7.54. The molecule has 0 aliphatic rings. The van der Waals surface area contributed by atoms with Crippen molar-refractivity contribution in [2.75, 3.05) is 24.3 Å². The zero-order valence-corrected chi connectivity index (χ0v) is 20.7. The first-order chi connectivity index (χ1) is 16.3. The van der Waals surface area contributed by atoms with Gasteiger partial charge in [0.25, 0.3) is 10.0 Å². The molecule has 0 radical (unpaired) electrons.